The third kappa shape index (κ3) is 12.3. The summed E-state index contributed by atoms with van der Waals surface area (Å²) in [5, 5.41) is 4.22. The second kappa shape index (κ2) is 19.0. The fourth-order valence-electron chi connectivity index (χ4n) is 4.90. The van der Waals surface area contributed by atoms with E-state index >= 15 is 0 Å². The number of benzene rings is 1. The van der Waals surface area contributed by atoms with Gasteiger partial charge in [0.15, 0.2) is 31.2 Å². The average molecular weight is 745 g/mol. The molecular weight excluding hydrogens is 700 g/mol. The normalized spacial score (nSPS) is 21.5. The van der Waals surface area contributed by atoms with Crippen molar-refractivity contribution in [3.8, 4) is 5.75 Å². The smallest absolute Gasteiger partial charge is 0.329 e. The number of hydrogen-bond donors (Lipinski definition) is 0. The molecule has 19 heteroatoms. The van der Waals surface area contributed by atoms with Gasteiger partial charge in [0.25, 0.3) is 23.6 Å². The Labute approximate surface area is 305 Å². The number of carbonyl (C=O) groups is 8. The van der Waals surface area contributed by atoms with Gasteiger partial charge in [0.1, 0.15) is 25.7 Å². The van der Waals surface area contributed by atoms with E-state index in [0.717, 1.165) is 25.2 Å². The highest BCUT2D eigenvalue weighted by molar-refractivity contribution is 5.91. The van der Waals surface area contributed by atoms with Crippen LogP contribution in [-0.4, -0.2) is 163 Å². The molecule has 0 N–H and O–H groups in total. The van der Waals surface area contributed by atoms with Crippen LogP contribution >= 0.6 is 0 Å². The number of carbonyl (C=O) groups excluding carboxylic acids is 8. The number of ether oxygens (including phenoxy) is 5. The Bertz CT molecular complexity index is 1680. The van der Waals surface area contributed by atoms with Crippen molar-refractivity contribution >= 4 is 47.5 Å². The summed E-state index contributed by atoms with van der Waals surface area (Å²) in [7, 11) is 6.57. The van der Waals surface area contributed by atoms with Crippen molar-refractivity contribution in [2.24, 2.45) is 0 Å². The molecule has 0 bridgehead atoms. The standard InChI is InChI=1S/C34H44N6O13/c1-21-32(46)37(4)17-30(44)51-20-28(42)39(6)26(12-23-8-10-24(11-9-23)14-40-15-25(49-7)13-35-40)34(48)53-22(2)33(47)38(5)16-29(43)50-19-27(41)36(3)18-31(45)52-21/h8-11,13,15,21-22,26H,12,14,16-20H2,1-7H3. The van der Waals surface area contributed by atoms with E-state index in [0.29, 0.717) is 17.9 Å². The summed E-state index contributed by atoms with van der Waals surface area (Å²) < 4.78 is 27.4. The monoisotopic (exact) mass is 744 g/mol. The molecule has 1 fully saturated rings. The van der Waals surface area contributed by atoms with Crippen LogP contribution in [0.2, 0.25) is 0 Å². The van der Waals surface area contributed by atoms with Gasteiger partial charge in [0.2, 0.25) is 0 Å². The van der Waals surface area contributed by atoms with Crippen molar-refractivity contribution in [1.82, 2.24) is 29.4 Å². The van der Waals surface area contributed by atoms with Crippen molar-refractivity contribution < 1.29 is 62.0 Å². The van der Waals surface area contributed by atoms with Gasteiger partial charge >= 0.3 is 23.9 Å². The zero-order valence-corrected chi connectivity index (χ0v) is 30.6. The van der Waals surface area contributed by atoms with E-state index in [2.05, 4.69) is 5.10 Å². The summed E-state index contributed by atoms with van der Waals surface area (Å²) in [6, 6.07) is 5.80. The molecule has 4 amide bonds. The van der Waals surface area contributed by atoms with Crippen molar-refractivity contribution in [2.75, 3.05) is 68.1 Å². The maximum absolute atomic E-state index is 13.6. The molecule has 19 nitrogen and oxygen atoms in total. The minimum Gasteiger partial charge on any atom is -0.493 e. The Morgan fingerprint density at radius 2 is 1.21 bits per heavy atom. The van der Waals surface area contributed by atoms with Crippen LogP contribution in [0.5, 0.6) is 5.75 Å². The summed E-state index contributed by atoms with van der Waals surface area (Å²) in [5.74, 6) is -6.40. The molecule has 1 saturated heterocycles. The third-order valence-electron chi connectivity index (χ3n) is 8.06. The molecule has 0 aliphatic carbocycles. The van der Waals surface area contributed by atoms with E-state index in [1.54, 1.807) is 29.2 Å². The molecule has 2 heterocycles. The van der Waals surface area contributed by atoms with Crippen LogP contribution < -0.4 is 4.74 Å². The molecule has 1 aliphatic rings. The first-order valence-electron chi connectivity index (χ1n) is 16.3. The lowest BCUT2D eigenvalue weighted by Gasteiger charge is -2.29. The van der Waals surface area contributed by atoms with Gasteiger partial charge in [-0.2, -0.15) is 5.10 Å². The quantitative estimate of drug-likeness (QED) is 0.256. The lowest BCUT2D eigenvalue weighted by Crippen LogP contribution is -2.49. The molecule has 1 aliphatic heterocycles. The van der Waals surface area contributed by atoms with Crippen LogP contribution in [0, 0.1) is 0 Å². The Morgan fingerprint density at radius 1 is 0.698 bits per heavy atom. The highest BCUT2D eigenvalue weighted by atomic mass is 16.6. The van der Waals surface area contributed by atoms with Crippen LogP contribution in [0.3, 0.4) is 0 Å². The summed E-state index contributed by atoms with van der Waals surface area (Å²) in [4.78, 5) is 106. The van der Waals surface area contributed by atoms with Crippen LogP contribution in [0.4, 0.5) is 0 Å². The third-order valence-corrected chi connectivity index (χ3v) is 8.06. The van der Waals surface area contributed by atoms with Crippen molar-refractivity contribution in [2.45, 2.75) is 45.1 Å². The van der Waals surface area contributed by atoms with Crippen molar-refractivity contribution in [3.05, 3.63) is 47.8 Å². The van der Waals surface area contributed by atoms with Gasteiger partial charge in [-0.25, -0.2) is 4.79 Å². The second-order valence-electron chi connectivity index (χ2n) is 12.3. The number of hydrogen-bond acceptors (Lipinski definition) is 14. The van der Waals surface area contributed by atoms with Crippen LogP contribution in [0.15, 0.2) is 36.7 Å². The molecule has 3 atom stereocenters. The van der Waals surface area contributed by atoms with Gasteiger partial charge in [0, 0.05) is 34.6 Å². The molecule has 0 radical (unpaired) electrons. The first-order valence-corrected chi connectivity index (χ1v) is 16.3. The van der Waals surface area contributed by atoms with E-state index in [9.17, 15) is 38.4 Å². The van der Waals surface area contributed by atoms with E-state index in [4.69, 9.17) is 23.7 Å². The Hall–Kier alpha value is -6.01. The summed E-state index contributed by atoms with van der Waals surface area (Å²) in [5.41, 5.74) is 1.49. The van der Waals surface area contributed by atoms with Gasteiger partial charge in [-0.1, -0.05) is 24.3 Å². The van der Waals surface area contributed by atoms with E-state index in [1.165, 1.54) is 49.1 Å². The molecule has 53 heavy (non-hydrogen) atoms. The number of rotatable bonds is 5. The van der Waals surface area contributed by atoms with Gasteiger partial charge in [0.05, 0.1) is 26.0 Å². The van der Waals surface area contributed by atoms with Crippen LogP contribution in [-0.2, 0) is 70.3 Å². The lowest BCUT2D eigenvalue weighted by molar-refractivity contribution is -0.167. The maximum Gasteiger partial charge on any atom is 0.329 e. The fraction of sp³-hybridized carbons (Fsp3) is 0.500. The number of esters is 4. The molecule has 2 aromatic rings. The number of amides is 4. The number of methoxy groups -OCH3 is 1. The van der Waals surface area contributed by atoms with Gasteiger partial charge in [-0.3, -0.25) is 38.2 Å². The van der Waals surface area contributed by atoms with E-state index in [-0.39, 0.29) is 6.42 Å². The molecule has 288 valence electrons. The second-order valence-corrected chi connectivity index (χ2v) is 12.3. The largest absolute Gasteiger partial charge is 0.493 e. The topological polar surface area (TPSA) is 213 Å². The van der Waals surface area contributed by atoms with E-state index < -0.39 is 98.6 Å². The highest BCUT2D eigenvalue weighted by Gasteiger charge is 2.33. The minimum absolute atomic E-state index is 0.0652. The van der Waals surface area contributed by atoms with Crippen molar-refractivity contribution in [1.29, 1.82) is 0 Å². The molecule has 3 unspecified atom stereocenters. The lowest BCUT2D eigenvalue weighted by atomic mass is 10.0. The SMILES string of the molecule is COc1cnn(Cc2ccc(CC3C(=O)OC(C)C(=O)N(C)CC(=O)OCC(=O)N(C)CC(=O)OC(C)C(=O)N(C)CC(=O)OCC(=O)N3C)cc2)c1. The van der Waals surface area contributed by atoms with Gasteiger partial charge in [-0.15, -0.1) is 0 Å². The number of likely N-dealkylation sites (N-methyl/N-ethyl adjacent to an activating group) is 4. The maximum atomic E-state index is 13.6. The zero-order chi connectivity index (χ0) is 39.4. The first-order chi connectivity index (χ1) is 25.0. The highest BCUT2D eigenvalue weighted by Crippen LogP contribution is 2.15. The molecule has 1 aromatic carbocycles. The Balaban J connectivity index is 1.82. The fourth-order valence-corrected chi connectivity index (χ4v) is 4.90. The van der Waals surface area contributed by atoms with Crippen LogP contribution in [0.1, 0.15) is 25.0 Å². The van der Waals surface area contributed by atoms with E-state index in [1.807, 2.05) is 12.1 Å². The molecule has 1 aromatic heterocycles. The van der Waals surface area contributed by atoms with Gasteiger partial charge in [-0.05, 0) is 25.0 Å². The van der Waals surface area contributed by atoms with Crippen LogP contribution in [0.25, 0.3) is 0 Å². The minimum atomic E-state index is -1.42. The molecule has 0 saturated carbocycles. The Kier molecular flexibility index (Phi) is 14.8. The Morgan fingerprint density at radius 3 is 1.75 bits per heavy atom. The summed E-state index contributed by atoms with van der Waals surface area (Å²) >= 11 is 0. The predicted molar refractivity (Wildman–Crippen MR) is 181 cm³/mol. The summed E-state index contributed by atoms with van der Waals surface area (Å²) in [6.07, 6.45) is 0.458. The predicted octanol–water partition coefficient (Wildman–Crippen LogP) is -1.35. The molecule has 0 spiro atoms. The number of nitrogens with zero attached hydrogens (tertiary/aromatic N) is 6. The van der Waals surface area contributed by atoms with Gasteiger partial charge < -0.3 is 43.3 Å². The average Bonchev–Trinajstić information content (AvgIpc) is 3.58. The number of aromatic nitrogens is 2. The molecular formula is C34H44N6O13. The molecule has 3 rings (SSSR count). The zero-order valence-electron chi connectivity index (χ0n) is 30.6. The number of cyclic esters (lactones) is 4. The first kappa shape index (κ1) is 41.4. The van der Waals surface area contributed by atoms with Crippen molar-refractivity contribution in [3.63, 3.8) is 0 Å². The summed E-state index contributed by atoms with van der Waals surface area (Å²) in [6.45, 7) is -0.427.